The zero-order chi connectivity index (χ0) is 12.0. The topological polar surface area (TPSA) is 66.9 Å². The maximum Gasteiger partial charge on any atom is 0.274 e. The van der Waals surface area contributed by atoms with Crippen LogP contribution in [0.2, 0.25) is 0 Å². The van der Waals surface area contributed by atoms with Gasteiger partial charge in [0.05, 0.1) is 22.0 Å². The molecule has 1 aromatic rings. The molecule has 0 amide bonds. The Bertz CT molecular complexity index is 522. The molecule has 0 N–H and O–H groups in total. The number of nitrogens with zero attached hydrogens (tertiary/aromatic N) is 2. The number of nitriles is 1. The second kappa shape index (κ2) is 3.30. The van der Waals surface area contributed by atoms with Gasteiger partial charge in [0.25, 0.3) is 5.69 Å². The Kier molecular flexibility index (Phi) is 1.99. The fourth-order valence-corrected chi connectivity index (χ4v) is 3.56. The minimum absolute atomic E-state index is 0.100. The molecule has 4 heteroatoms. The van der Waals surface area contributed by atoms with Gasteiger partial charge in [0.1, 0.15) is 0 Å². The fraction of sp³-hybridized carbons (Fsp3) is 0.462. The van der Waals surface area contributed by atoms with Gasteiger partial charge >= 0.3 is 0 Å². The van der Waals surface area contributed by atoms with Gasteiger partial charge in [-0.15, -0.1) is 0 Å². The molecule has 1 aromatic carbocycles. The van der Waals surface area contributed by atoms with Crippen LogP contribution in [0.3, 0.4) is 0 Å². The highest BCUT2D eigenvalue weighted by molar-refractivity contribution is 5.55. The molecule has 0 aliphatic heterocycles. The van der Waals surface area contributed by atoms with Crippen LogP contribution in [0.15, 0.2) is 24.3 Å². The Labute approximate surface area is 99.0 Å². The third-order valence-corrected chi connectivity index (χ3v) is 4.31. The first kappa shape index (κ1) is 10.3. The molecule has 0 saturated heterocycles. The van der Waals surface area contributed by atoms with Crippen LogP contribution in [-0.4, -0.2) is 4.92 Å². The second-order valence-corrected chi connectivity index (χ2v) is 4.90. The Morgan fingerprint density at radius 3 is 2.59 bits per heavy atom. The number of hydrogen-bond acceptors (Lipinski definition) is 3. The van der Waals surface area contributed by atoms with Crippen LogP contribution >= 0.6 is 0 Å². The lowest BCUT2D eigenvalue weighted by molar-refractivity contribution is -0.385. The van der Waals surface area contributed by atoms with Gasteiger partial charge in [-0.05, 0) is 24.7 Å². The highest BCUT2D eigenvalue weighted by atomic mass is 16.6. The highest BCUT2D eigenvalue weighted by Gasteiger charge is 2.69. The van der Waals surface area contributed by atoms with Gasteiger partial charge in [-0.25, -0.2) is 0 Å². The zero-order valence-corrected chi connectivity index (χ0v) is 9.30. The van der Waals surface area contributed by atoms with Crippen LogP contribution < -0.4 is 0 Å². The third-order valence-electron chi connectivity index (χ3n) is 4.31. The number of hydrogen-bond donors (Lipinski definition) is 0. The van der Waals surface area contributed by atoms with E-state index in [1.165, 1.54) is 6.07 Å². The molecule has 2 saturated carbocycles. The van der Waals surface area contributed by atoms with Crippen LogP contribution in [-0.2, 0) is 5.41 Å². The van der Waals surface area contributed by atoms with Gasteiger partial charge < -0.3 is 0 Å². The van der Waals surface area contributed by atoms with Gasteiger partial charge in [0.15, 0.2) is 0 Å². The van der Waals surface area contributed by atoms with E-state index in [-0.39, 0.29) is 10.6 Å². The summed E-state index contributed by atoms with van der Waals surface area (Å²) in [6.07, 6.45) is 3.22. The van der Waals surface area contributed by atoms with E-state index in [1.807, 2.05) is 0 Å². The second-order valence-electron chi connectivity index (χ2n) is 4.90. The third kappa shape index (κ3) is 1.17. The minimum Gasteiger partial charge on any atom is -0.258 e. The van der Waals surface area contributed by atoms with E-state index in [0.29, 0.717) is 17.4 Å². The number of fused-ring (bicyclic) bond motifs is 1. The first-order valence-corrected chi connectivity index (χ1v) is 5.87. The maximum atomic E-state index is 11.0. The molecule has 2 atom stereocenters. The van der Waals surface area contributed by atoms with Crippen molar-refractivity contribution in [3.63, 3.8) is 0 Å². The summed E-state index contributed by atoms with van der Waals surface area (Å²) in [4.78, 5) is 10.7. The first-order chi connectivity index (χ1) is 8.21. The van der Waals surface area contributed by atoms with Crippen LogP contribution in [0.1, 0.15) is 24.8 Å². The molecular weight excluding hydrogens is 216 g/mol. The zero-order valence-electron chi connectivity index (χ0n) is 9.30. The van der Waals surface area contributed by atoms with E-state index in [4.69, 9.17) is 0 Å². The molecule has 3 rings (SSSR count). The number of benzene rings is 1. The average Bonchev–Trinajstić information content (AvgIpc) is 2.71. The summed E-state index contributed by atoms with van der Waals surface area (Å²) in [5, 5.41) is 20.5. The van der Waals surface area contributed by atoms with Crippen molar-refractivity contribution in [1.29, 1.82) is 5.26 Å². The molecule has 4 nitrogen and oxygen atoms in total. The van der Waals surface area contributed by atoms with Gasteiger partial charge in [0.2, 0.25) is 0 Å². The lowest BCUT2D eigenvalue weighted by Crippen LogP contribution is -2.13. The lowest BCUT2D eigenvalue weighted by Gasteiger charge is -2.12. The molecule has 2 unspecified atom stereocenters. The lowest BCUT2D eigenvalue weighted by atomic mass is 9.88. The summed E-state index contributed by atoms with van der Waals surface area (Å²) in [6.45, 7) is 0. The average molecular weight is 228 g/mol. The standard InChI is InChI=1S/C13H12N2O2/c14-8-13(9-5-3-6-10(9)13)11-4-1-2-7-12(11)15(16)17/h1-2,4,7,9-10H,3,5-6H2. The van der Waals surface area contributed by atoms with Gasteiger partial charge in [-0.3, -0.25) is 10.1 Å². The van der Waals surface area contributed by atoms with E-state index in [0.717, 1.165) is 19.3 Å². The summed E-state index contributed by atoms with van der Waals surface area (Å²) in [5.41, 5.74) is 0.160. The first-order valence-electron chi connectivity index (χ1n) is 5.87. The van der Waals surface area contributed by atoms with Crippen molar-refractivity contribution in [2.45, 2.75) is 24.7 Å². The van der Waals surface area contributed by atoms with Crippen LogP contribution in [0.4, 0.5) is 5.69 Å². The number of para-hydroxylation sites is 1. The van der Waals surface area contributed by atoms with E-state index >= 15 is 0 Å². The Morgan fingerprint density at radius 1 is 1.35 bits per heavy atom. The summed E-state index contributed by atoms with van der Waals surface area (Å²) in [7, 11) is 0. The SMILES string of the molecule is N#CC1(c2ccccc2[N+](=O)[O-])C2CCCC21. The Hall–Kier alpha value is -1.89. The molecular formula is C13H12N2O2. The van der Waals surface area contributed by atoms with Gasteiger partial charge in [-0.1, -0.05) is 24.6 Å². The van der Waals surface area contributed by atoms with E-state index < -0.39 is 5.41 Å². The molecule has 2 aliphatic rings. The number of nitro benzene ring substituents is 1. The summed E-state index contributed by atoms with van der Waals surface area (Å²) >= 11 is 0. The predicted octanol–water partition coefficient (Wildman–Crippen LogP) is 2.79. The van der Waals surface area contributed by atoms with Crippen molar-refractivity contribution in [3.8, 4) is 6.07 Å². The molecule has 0 radical (unpaired) electrons. The monoisotopic (exact) mass is 228 g/mol. The maximum absolute atomic E-state index is 11.0. The fourth-order valence-electron chi connectivity index (χ4n) is 3.56. The van der Waals surface area contributed by atoms with E-state index in [2.05, 4.69) is 6.07 Å². The van der Waals surface area contributed by atoms with Crippen molar-refractivity contribution in [3.05, 3.63) is 39.9 Å². The Balaban J connectivity index is 2.11. The van der Waals surface area contributed by atoms with Crippen molar-refractivity contribution >= 4 is 5.69 Å². The van der Waals surface area contributed by atoms with Crippen LogP contribution in [0.25, 0.3) is 0 Å². The van der Waals surface area contributed by atoms with Gasteiger partial charge in [0, 0.05) is 6.07 Å². The van der Waals surface area contributed by atoms with Crippen molar-refractivity contribution in [2.24, 2.45) is 11.8 Å². The smallest absolute Gasteiger partial charge is 0.258 e. The van der Waals surface area contributed by atoms with E-state index in [9.17, 15) is 15.4 Å². The summed E-state index contributed by atoms with van der Waals surface area (Å²) in [6, 6.07) is 9.06. The van der Waals surface area contributed by atoms with E-state index in [1.54, 1.807) is 18.2 Å². The van der Waals surface area contributed by atoms with Crippen LogP contribution in [0.5, 0.6) is 0 Å². The largest absolute Gasteiger partial charge is 0.274 e. The molecule has 0 spiro atoms. The molecule has 17 heavy (non-hydrogen) atoms. The Morgan fingerprint density at radius 2 is 2.00 bits per heavy atom. The quantitative estimate of drug-likeness (QED) is 0.577. The predicted molar refractivity (Wildman–Crippen MR) is 61.2 cm³/mol. The van der Waals surface area contributed by atoms with Crippen molar-refractivity contribution in [2.75, 3.05) is 0 Å². The minimum atomic E-state index is -0.568. The summed E-state index contributed by atoms with van der Waals surface area (Å²) in [5.74, 6) is 0.683. The number of rotatable bonds is 2. The number of nitro groups is 1. The normalized spacial score (nSPS) is 33.8. The summed E-state index contributed by atoms with van der Waals surface area (Å²) < 4.78 is 0. The molecule has 0 bridgehead atoms. The van der Waals surface area contributed by atoms with Crippen LogP contribution in [0, 0.1) is 33.3 Å². The molecule has 0 heterocycles. The van der Waals surface area contributed by atoms with Crippen molar-refractivity contribution in [1.82, 2.24) is 0 Å². The molecule has 0 aromatic heterocycles. The van der Waals surface area contributed by atoms with Crippen molar-refractivity contribution < 1.29 is 4.92 Å². The molecule has 2 aliphatic carbocycles. The van der Waals surface area contributed by atoms with Gasteiger partial charge in [-0.2, -0.15) is 5.26 Å². The highest BCUT2D eigenvalue weighted by Crippen LogP contribution is 2.68. The molecule has 2 fully saturated rings. The molecule has 86 valence electrons.